The lowest BCUT2D eigenvalue weighted by Gasteiger charge is -2.29. The molecule has 2 saturated carbocycles. The van der Waals surface area contributed by atoms with Gasteiger partial charge in [0.1, 0.15) is 5.54 Å². The molecule has 5 heteroatoms. The first kappa shape index (κ1) is 15.0. The Morgan fingerprint density at radius 3 is 2.57 bits per heavy atom. The Kier molecular flexibility index (Phi) is 4.31. The summed E-state index contributed by atoms with van der Waals surface area (Å²) in [5, 5.41) is 4.11. The molecule has 2 aliphatic rings. The highest BCUT2D eigenvalue weighted by Crippen LogP contribution is 2.35. The number of nitrogens with zero attached hydrogens (tertiary/aromatic N) is 2. The van der Waals surface area contributed by atoms with Crippen molar-refractivity contribution >= 4 is 0 Å². The van der Waals surface area contributed by atoms with Crippen LogP contribution in [0, 0.1) is 5.92 Å². The molecule has 0 aromatic carbocycles. The molecule has 1 unspecified atom stereocenters. The van der Waals surface area contributed by atoms with E-state index in [1.54, 1.807) is 0 Å². The van der Waals surface area contributed by atoms with Gasteiger partial charge in [-0.05, 0) is 57.8 Å². The molecule has 0 spiro atoms. The minimum atomic E-state index is -0.667. The highest BCUT2D eigenvalue weighted by atomic mass is 16.5. The largest absolute Gasteiger partial charge is 0.376 e. The summed E-state index contributed by atoms with van der Waals surface area (Å²) in [6, 6.07) is 0. The van der Waals surface area contributed by atoms with Crippen LogP contribution in [0.1, 0.15) is 76.4 Å². The van der Waals surface area contributed by atoms with Gasteiger partial charge in [-0.2, -0.15) is 4.98 Å². The van der Waals surface area contributed by atoms with Gasteiger partial charge < -0.3 is 15.0 Å². The fourth-order valence-corrected chi connectivity index (χ4v) is 3.03. The quantitative estimate of drug-likeness (QED) is 0.903. The van der Waals surface area contributed by atoms with E-state index in [9.17, 15) is 0 Å². The van der Waals surface area contributed by atoms with Gasteiger partial charge in [-0.1, -0.05) is 12.1 Å². The predicted molar refractivity (Wildman–Crippen MR) is 79.8 cm³/mol. The van der Waals surface area contributed by atoms with E-state index in [1.165, 1.54) is 19.3 Å². The van der Waals surface area contributed by atoms with Crippen molar-refractivity contribution in [2.45, 2.75) is 76.4 Å². The fourth-order valence-electron chi connectivity index (χ4n) is 3.03. The van der Waals surface area contributed by atoms with E-state index in [4.69, 9.17) is 15.0 Å². The van der Waals surface area contributed by atoms with Gasteiger partial charge in [0, 0.05) is 5.92 Å². The Labute approximate surface area is 126 Å². The molecule has 0 bridgehead atoms. The lowest BCUT2D eigenvalue weighted by molar-refractivity contribution is -0.0222. The van der Waals surface area contributed by atoms with Crippen molar-refractivity contribution in [2.24, 2.45) is 11.7 Å². The summed E-state index contributed by atoms with van der Waals surface area (Å²) in [6.07, 6.45) is 8.70. The van der Waals surface area contributed by atoms with E-state index in [0.717, 1.165) is 37.5 Å². The number of aromatic nitrogens is 2. The van der Waals surface area contributed by atoms with Crippen LogP contribution in [-0.4, -0.2) is 22.9 Å². The highest BCUT2D eigenvalue weighted by molar-refractivity contribution is 5.05. The van der Waals surface area contributed by atoms with Crippen LogP contribution in [0.5, 0.6) is 0 Å². The standard InChI is InChI=1S/C16H27N3O2/c1-11-6-8-12(9-7-11)14-18-15(19-21-14)16(2,17)10-20-13-4-3-5-13/h11-13H,3-10,17H2,1-2H3. The van der Waals surface area contributed by atoms with Crippen LogP contribution < -0.4 is 5.73 Å². The maximum Gasteiger partial charge on any atom is 0.229 e. The van der Waals surface area contributed by atoms with Crippen LogP contribution in [-0.2, 0) is 10.3 Å². The minimum Gasteiger partial charge on any atom is -0.376 e. The van der Waals surface area contributed by atoms with Crippen molar-refractivity contribution in [2.75, 3.05) is 6.61 Å². The third kappa shape index (κ3) is 3.46. The predicted octanol–water partition coefficient (Wildman–Crippen LogP) is 3.11. The van der Waals surface area contributed by atoms with Crippen molar-refractivity contribution < 1.29 is 9.26 Å². The number of ether oxygens (including phenoxy) is 1. The second kappa shape index (κ2) is 6.05. The van der Waals surface area contributed by atoms with Crippen LogP contribution in [0.3, 0.4) is 0 Å². The van der Waals surface area contributed by atoms with Gasteiger partial charge in [0.15, 0.2) is 5.82 Å². The summed E-state index contributed by atoms with van der Waals surface area (Å²) >= 11 is 0. The first-order chi connectivity index (χ1) is 10.0. The molecule has 0 radical (unpaired) electrons. The van der Waals surface area contributed by atoms with Gasteiger partial charge in [0.05, 0.1) is 12.7 Å². The van der Waals surface area contributed by atoms with E-state index < -0.39 is 5.54 Å². The van der Waals surface area contributed by atoms with E-state index in [0.29, 0.717) is 24.5 Å². The lowest BCUT2D eigenvalue weighted by atomic mass is 9.83. The zero-order valence-electron chi connectivity index (χ0n) is 13.2. The zero-order valence-corrected chi connectivity index (χ0v) is 13.2. The smallest absolute Gasteiger partial charge is 0.229 e. The summed E-state index contributed by atoms with van der Waals surface area (Å²) in [5.41, 5.74) is 5.65. The van der Waals surface area contributed by atoms with E-state index in [-0.39, 0.29) is 0 Å². The van der Waals surface area contributed by atoms with Crippen LogP contribution in [0.25, 0.3) is 0 Å². The van der Waals surface area contributed by atoms with E-state index in [1.807, 2.05) is 6.92 Å². The molecule has 1 atom stereocenters. The molecule has 1 heterocycles. The summed E-state index contributed by atoms with van der Waals surface area (Å²) in [7, 11) is 0. The fraction of sp³-hybridized carbons (Fsp3) is 0.875. The summed E-state index contributed by atoms with van der Waals surface area (Å²) < 4.78 is 11.3. The second-order valence-corrected chi connectivity index (χ2v) is 7.19. The molecule has 2 aliphatic carbocycles. The van der Waals surface area contributed by atoms with Crippen LogP contribution >= 0.6 is 0 Å². The number of hydrogen-bond acceptors (Lipinski definition) is 5. The molecule has 3 rings (SSSR count). The van der Waals surface area contributed by atoms with Crippen molar-refractivity contribution in [1.29, 1.82) is 0 Å². The number of nitrogens with two attached hydrogens (primary N) is 1. The minimum absolute atomic E-state index is 0.374. The third-order valence-electron chi connectivity index (χ3n) is 4.99. The maximum atomic E-state index is 6.32. The normalized spacial score (nSPS) is 29.9. The van der Waals surface area contributed by atoms with Crippen LogP contribution in [0.2, 0.25) is 0 Å². The number of hydrogen-bond donors (Lipinski definition) is 1. The number of rotatable bonds is 5. The summed E-state index contributed by atoms with van der Waals surface area (Å²) in [5.74, 6) is 2.57. The van der Waals surface area contributed by atoms with Crippen molar-refractivity contribution in [1.82, 2.24) is 10.1 Å². The Morgan fingerprint density at radius 1 is 1.24 bits per heavy atom. The first-order valence-corrected chi connectivity index (χ1v) is 8.29. The summed E-state index contributed by atoms with van der Waals surface area (Å²) in [4.78, 5) is 4.57. The molecule has 1 aromatic rings. The average molecular weight is 293 g/mol. The maximum absolute atomic E-state index is 6.32. The Bertz CT molecular complexity index is 460. The molecule has 21 heavy (non-hydrogen) atoms. The van der Waals surface area contributed by atoms with E-state index in [2.05, 4.69) is 17.1 Å². The Morgan fingerprint density at radius 2 is 1.95 bits per heavy atom. The van der Waals surface area contributed by atoms with Crippen molar-refractivity contribution in [3.05, 3.63) is 11.7 Å². The third-order valence-corrected chi connectivity index (χ3v) is 4.99. The molecule has 0 aliphatic heterocycles. The van der Waals surface area contributed by atoms with Gasteiger partial charge in [0.25, 0.3) is 0 Å². The van der Waals surface area contributed by atoms with E-state index >= 15 is 0 Å². The molecule has 5 nitrogen and oxygen atoms in total. The second-order valence-electron chi connectivity index (χ2n) is 7.19. The van der Waals surface area contributed by atoms with Crippen LogP contribution in [0.4, 0.5) is 0 Å². The summed E-state index contributed by atoms with van der Waals surface area (Å²) in [6.45, 7) is 4.69. The molecular formula is C16H27N3O2. The van der Waals surface area contributed by atoms with Gasteiger partial charge in [0.2, 0.25) is 5.89 Å². The molecule has 2 fully saturated rings. The van der Waals surface area contributed by atoms with Gasteiger partial charge in [-0.25, -0.2) is 0 Å². The first-order valence-electron chi connectivity index (χ1n) is 8.29. The van der Waals surface area contributed by atoms with Crippen molar-refractivity contribution in [3.8, 4) is 0 Å². The molecule has 0 saturated heterocycles. The Hall–Kier alpha value is -0.940. The van der Waals surface area contributed by atoms with Gasteiger partial charge in [-0.3, -0.25) is 0 Å². The van der Waals surface area contributed by atoms with Crippen LogP contribution in [0.15, 0.2) is 4.52 Å². The SMILES string of the molecule is CC1CCC(c2nc(C(C)(N)COC3CCC3)no2)CC1. The molecule has 0 amide bonds. The molecule has 118 valence electrons. The average Bonchev–Trinajstić information content (AvgIpc) is 2.88. The molecular weight excluding hydrogens is 266 g/mol. The molecule has 1 aromatic heterocycles. The zero-order chi connectivity index (χ0) is 14.9. The van der Waals surface area contributed by atoms with Crippen molar-refractivity contribution in [3.63, 3.8) is 0 Å². The van der Waals surface area contributed by atoms with Gasteiger partial charge in [-0.15, -0.1) is 0 Å². The highest BCUT2D eigenvalue weighted by Gasteiger charge is 2.32. The molecule has 2 N–H and O–H groups in total. The Balaban J connectivity index is 1.60. The monoisotopic (exact) mass is 293 g/mol. The topological polar surface area (TPSA) is 74.2 Å². The van der Waals surface area contributed by atoms with Gasteiger partial charge >= 0.3 is 0 Å². The lowest BCUT2D eigenvalue weighted by Crippen LogP contribution is -2.41.